The molecule has 0 spiro atoms. The summed E-state index contributed by atoms with van der Waals surface area (Å²) < 4.78 is 4.90. The zero-order valence-corrected chi connectivity index (χ0v) is 11.3. The Morgan fingerprint density at radius 2 is 2.16 bits per heavy atom. The molecule has 0 radical (unpaired) electrons. The fourth-order valence-corrected chi connectivity index (χ4v) is 1.49. The zero-order valence-electron chi connectivity index (χ0n) is 11.3. The van der Waals surface area contributed by atoms with Crippen LogP contribution in [0.3, 0.4) is 0 Å². The largest absolute Gasteiger partial charge is 0.455 e. The van der Waals surface area contributed by atoms with E-state index in [-0.39, 0.29) is 25.0 Å². The second kappa shape index (κ2) is 7.41. The number of nitrogen functional groups attached to an aromatic ring is 1. The minimum absolute atomic E-state index is 0.0834. The third kappa shape index (κ3) is 5.90. The molecule has 1 unspecified atom stereocenters. The van der Waals surface area contributed by atoms with Crippen molar-refractivity contribution in [1.82, 2.24) is 5.32 Å². The number of hydrogen-bond acceptors (Lipinski definition) is 4. The Labute approximate surface area is 113 Å². The standard InChI is InChI=1S/C14H20N2O3/c1-3-10(2)16-13(17)9-19-14(18)8-11-5-4-6-12(15)7-11/h4-7,10H,3,8-9,15H2,1-2H3,(H,16,17). The lowest BCUT2D eigenvalue weighted by Crippen LogP contribution is -2.35. The first kappa shape index (κ1) is 15.0. The minimum atomic E-state index is -0.440. The average molecular weight is 264 g/mol. The van der Waals surface area contributed by atoms with Crippen molar-refractivity contribution in [2.45, 2.75) is 32.7 Å². The molecule has 1 rings (SSSR count). The van der Waals surface area contributed by atoms with Crippen LogP contribution in [0.2, 0.25) is 0 Å². The number of benzene rings is 1. The van der Waals surface area contributed by atoms with E-state index in [1.165, 1.54) is 0 Å². The molecule has 0 aromatic heterocycles. The maximum atomic E-state index is 11.5. The van der Waals surface area contributed by atoms with Crippen molar-refractivity contribution in [2.24, 2.45) is 0 Å². The van der Waals surface area contributed by atoms with Gasteiger partial charge in [0.1, 0.15) is 0 Å². The Kier molecular flexibility index (Phi) is 5.85. The van der Waals surface area contributed by atoms with Crippen molar-refractivity contribution in [3.63, 3.8) is 0 Å². The summed E-state index contributed by atoms with van der Waals surface area (Å²) in [6.07, 6.45) is 0.949. The van der Waals surface area contributed by atoms with Gasteiger partial charge in [-0.15, -0.1) is 0 Å². The lowest BCUT2D eigenvalue weighted by Gasteiger charge is -2.11. The van der Waals surface area contributed by atoms with Gasteiger partial charge in [-0.1, -0.05) is 19.1 Å². The normalized spacial score (nSPS) is 11.7. The van der Waals surface area contributed by atoms with Gasteiger partial charge in [-0.2, -0.15) is 0 Å². The van der Waals surface area contributed by atoms with E-state index in [1.807, 2.05) is 13.8 Å². The number of nitrogens with one attached hydrogen (secondary N) is 1. The molecule has 0 aliphatic heterocycles. The van der Waals surface area contributed by atoms with Gasteiger partial charge in [0.15, 0.2) is 6.61 Å². The SMILES string of the molecule is CCC(C)NC(=O)COC(=O)Cc1cccc(N)c1. The van der Waals surface area contributed by atoms with Crippen molar-refractivity contribution in [3.8, 4) is 0 Å². The van der Waals surface area contributed by atoms with Gasteiger partial charge in [0.2, 0.25) is 0 Å². The molecule has 104 valence electrons. The summed E-state index contributed by atoms with van der Waals surface area (Å²) in [5, 5.41) is 2.72. The van der Waals surface area contributed by atoms with Crippen molar-refractivity contribution < 1.29 is 14.3 Å². The highest BCUT2D eigenvalue weighted by Crippen LogP contribution is 2.07. The third-order valence-electron chi connectivity index (χ3n) is 2.68. The summed E-state index contributed by atoms with van der Waals surface area (Å²) in [6.45, 7) is 3.62. The molecule has 1 amide bonds. The number of ether oxygens (including phenoxy) is 1. The Bertz CT molecular complexity index is 446. The van der Waals surface area contributed by atoms with Crippen LogP contribution in [0.25, 0.3) is 0 Å². The van der Waals surface area contributed by atoms with Crippen molar-refractivity contribution in [1.29, 1.82) is 0 Å². The van der Waals surface area contributed by atoms with E-state index < -0.39 is 5.97 Å². The number of anilines is 1. The summed E-state index contributed by atoms with van der Waals surface area (Å²) >= 11 is 0. The summed E-state index contributed by atoms with van der Waals surface area (Å²) in [5.74, 6) is -0.722. The number of amides is 1. The quantitative estimate of drug-likeness (QED) is 0.599. The van der Waals surface area contributed by atoms with Crippen molar-refractivity contribution >= 4 is 17.6 Å². The number of carbonyl (C=O) groups excluding carboxylic acids is 2. The molecular formula is C14H20N2O3. The molecule has 0 aliphatic carbocycles. The highest BCUT2D eigenvalue weighted by molar-refractivity contribution is 5.81. The molecule has 0 aliphatic rings. The van der Waals surface area contributed by atoms with E-state index in [9.17, 15) is 9.59 Å². The van der Waals surface area contributed by atoms with E-state index in [0.29, 0.717) is 5.69 Å². The van der Waals surface area contributed by atoms with Gasteiger partial charge in [0.05, 0.1) is 6.42 Å². The van der Waals surface area contributed by atoms with E-state index in [0.717, 1.165) is 12.0 Å². The highest BCUT2D eigenvalue weighted by atomic mass is 16.5. The second-order valence-electron chi connectivity index (χ2n) is 4.46. The lowest BCUT2D eigenvalue weighted by atomic mass is 10.1. The molecule has 0 fully saturated rings. The highest BCUT2D eigenvalue weighted by Gasteiger charge is 2.10. The monoisotopic (exact) mass is 264 g/mol. The van der Waals surface area contributed by atoms with E-state index >= 15 is 0 Å². The molecule has 1 aromatic carbocycles. The number of hydrogen-bond donors (Lipinski definition) is 2. The molecule has 0 saturated heterocycles. The van der Waals surface area contributed by atoms with Crippen LogP contribution in [-0.2, 0) is 20.7 Å². The van der Waals surface area contributed by atoms with Gasteiger partial charge in [-0.05, 0) is 31.0 Å². The van der Waals surface area contributed by atoms with Crippen molar-refractivity contribution in [3.05, 3.63) is 29.8 Å². The Hall–Kier alpha value is -2.04. The number of rotatable bonds is 6. The molecule has 1 aromatic rings. The van der Waals surface area contributed by atoms with Crippen LogP contribution < -0.4 is 11.1 Å². The number of carbonyl (C=O) groups is 2. The first-order chi connectivity index (χ1) is 9.01. The zero-order chi connectivity index (χ0) is 14.3. The number of esters is 1. The predicted molar refractivity (Wildman–Crippen MR) is 73.4 cm³/mol. The van der Waals surface area contributed by atoms with Gasteiger partial charge in [0, 0.05) is 11.7 Å². The molecule has 5 heteroatoms. The number of nitrogens with two attached hydrogens (primary N) is 1. The van der Waals surface area contributed by atoms with Crippen LogP contribution in [-0.4, -0.2) is 24.5 Å². The van der Waals surface area contributed by atoms with E-state index in [4.69, 9.17) is 10.5 Å². The second-order valence-corrected chi connectivity index (χ2v) is 4.46. The van der Waals surface area contributed by atoms with Crippen LogP contribution in [0.5, 0.6) is 0 Å². The Balaban J connectivity index is 2.34. The summed E-state index contributed by atoms with van der Waals surface area (Å²) in [4.78, 5) is 23.0. The molecule has 1 atom stereocenters. The predicted octanol–water partition coefficient (Wildman–Crippen LogP) is 1.27. The fourth-order valence-electron chi connectivity index (χ4n) is 1.49. The molecule has 0 saturated carbocycles. The first-order valence-electron chi connectivity index (χ1n) is 6.30. The van der Waals surface area contributed by atoms with Crippen LogP contribution in [0, 0.1) is 0 Å². The fraction of sp³-hybridized carbons (Fsp3) is 0.429. The van der Waals surface area contributed by atoms with Gasteiger partial charge in [-0.3, -0.25) is 9.59 Å². The molecule has 0 bridgehead atoms. The van der Waals surface area contributed by atoms with Crippen LogP contribution in [0.1, 0.15) is 25.8 Å². The first-order valence-corrected chi connectivity index (χ1v) is 6.30. The molecule has 3 N–H and O–H groups in total. The average Bonchev–Trinajstić information content (AvgIpc) is 2.36. The molecule has 5 nitrogen and oxygen atoms in total. The van der Waals surface area contributed by atoms with Crippen LogP contribution in [0.4, 0.5) is 5.69 Å². The maximum Gasteiger partial charge on any atom is 0.310 e. The van der Waals surface area contributed by atoms with Crippen molar-refractivity contribution in [2.75, 3.05) is 12.3 Å². The summed E-state index contributed by atoms with van der Waals surface area (Å²) in [5.41, 5.74) is 6.98. The topological polar surface area (TPSA) is 81.4 Å². The Morgan fingerprint density at radius 1 is 1.42 bits per heavy atom. The van der Waals surface area contributed by atoms with Gasteiger partial charge in [-0.25, -0.2) is 0 Å². The van der Waals surface area contributed by atoms with Crippen LogP contribution >= 0.6 is 0 Å². The van der Waals surface area contributed by atoms with Crippen LogP contribution in [0.15, 0.2) is 24.3 Å². The van der Waals surface area contributed by atoms with Gasteiger partial charge < -0.3 is 15.8 Å². The smallest absolute Gasteiger partial charge is 0.310 e. The molecular weight excluding hydrogens is 244 g/mol. The van der Waals surface area contributed by atoms with E-state index in [1.54, 1.807) is 24.3 Å². The molecule has 0 heterocycles. The Morgan fingerprint density at radius 3 is 2.79 bits per heavy atom. The minimum Gasteiger partial charge on any atom is -0.455 e. The maximum absolute atomic E-state index is 11.5. The third-order valence-corrected chi connectivity index (χ3v) is 2.68. The summed E-state index contributed by atoms with van der Waals surface area (Å²) in [7, 11) is 0. The van der Waals surface area contributed by atoms with Gasteiger partial charge in [0.25, 0.3) is 5.91 Å². The van der Waals surface area contributed by atoms with Gasteiger partial charge >= 0.3 is 5.97 Å². The van der Waals surface area contributed by atoms with E-state index in [2.05, 4.69) is 5.32 Å². The summed E-state index contributed by atoms with van der Waals surface area (Å²) in [6, 6.07) is 7.10. The molecule has 19 heavy (non-hydrogen) atoms. The lowest BCUT2D eigenvalue weighted by molar-refractivity contribution is -0.148.